The summed E-state index contributed by atoms with van der Waals surface area (Å²) in [6.45, 7) is 2.70. The van der Waals surface area contributed by atoms with Gasteiger partial charge in [0.05, 0.1) is 11.1 Å². The summed E-state index contributed by atoms with van der Waals surface area (Å²) in [6, 6.07) is 4.03. The quantitative estimate of drug-likeness (QED) is 0.710. The summed E-state index contributed by atoms with van der Waals surface area (Å²) in [5, 5.41) is 11.9. The van der Waals surface area contributed by atoms with Crippen LogP contribution in [0.5, 0.6) is 0 Å². The van der Waals surface area contributed by atoms with E-state index in [1.54, 1.807) is 22.7 Å². The van der Waals surface area contributed by atoms with Gasteiger partial charge in [-0.15, -0.1) is 22.7 Å². The smallest absolute Gasteiger partial charge is 0.261 e. The first kappa shape index (κ1) is 13.3. The molecule has 3 aromatic heterocycles. The number of aryl methyl sites for hydroxylation is 2. The van der Waals surface area contributed by atoms with Crippen LogP contribution in [0, 0.1) is 6.92 Å². The van der Waals surface area contributed by atoms with Gasteiger partial charge in [0.1, 0.15) is 0 Å². The Labute approximate surface area is 124 Å². The fourth-order valence-electron chi connectivity index (χ4n) is 2.07. The molecule has 0 bridgehead atoms. The molecule has 3 heterocycles. The highest BCUT2D eigenvalue weighted by Crippen LogP contribution is 2.29. The van der Waals surface area contributed by atoms with Crippen LogP contribution in [-0.4, -0.2) is 22.6 Å². The molecule has 3 aromatic rings. The van der Waals surface area contributed by atoms with Crippen molar-refractivity contribution in [2.75, 3.05) is 6.54 Å². The van der Waals surface area contributed by atoms with E-state index in [1.165, 1.54) is 15.0 Å². The third-order valence-corrected chi connectivity index (χ3v) is 5.30. The fourth-order valence-corrected chi connectivity index (χ4v) is 4.10. The maximum atomic E-state index is 12.0. The summed E-state index contributed by atoms with van der Waals surface area (Å²) in [6.07, 6.45) is 3.71. The van der Waals surface area contributed by atoms with Crippen LogP contribution in [0.25, 0.3) is 9.40 Å². The van der Waals surface area contributed by atoms with Crippen LogP contribution in [0.2, 0.25) is 0 Å². The van der Waals surface area contributed by atoms with Gasteiger partial charge in [0, 0.05) is 21.6 Å². The molecule has 104 valence electrons. The number of amides is 1. The Morgan fingerprint density at radius 2 is 2.35 bits per heavy atom. The molecule has 2 N–H and O–H groups in total. The van der Waals surface area contributed by atoms with Gasteiger partial charge in [0.15, 0.2) is 0 Å². The zero-order valence-electron chi connectivity index (χ0n) is 11.1. The van der Waals surface area contributed by atoms with Crippen LogP contribution < -0.4 is 5.32 Å². The summed E-state index contributed by atoms with van der Waals surface area (Å²) in [5.41, 5.74) is 2.32. The molecule has 0 radical (unpaired) electrons. The van der Waals surface area contributed by atoms with Crippen molar-refractivity contribution in [1.82, 2.24) is 15.5 Å². The lowest BCUT2D eigenvalue weighted by Gasteiger charge is -2.03. The van der Waals surface area contributed by atoms with Crippen LogP contribution in [0.1, 0.15) is 27.3 Å². The van der Waals surface area contributed by atoms with E-state index in [1.807, 2.05) is 19.2 Å². The molecule has 6 heteroatoms. The van der Waals surface area contributed by atoms with E-state index in [4.69, 9.17) is 0 Å². The molecule has 20 heavy (non-hydrogen) atoms. The second kappa shape index (κ2) is 5.76. The molecule has 1 amide bonds. The average Bonchev–Trinajstić information content (AvgIpc) is 3.09. The van der Waals surface area contributed by atoms with E-state index in [0.717, 1.165) is 23.4 Å². The Morgan fingerprint density at radius 1 is 1.45 bits per heavy atom. The number of H-pyrrole nitrogens is 1. The predicted octanol–water partition coefficient (Wildman–Crippen LogP) is 3.36. The van der Waals surface area contributed by atoms with Gasteiger partial charge >= 0.3 is 0 Å². The number of nitrogens with one attached hydrogen (secondary N) is 2. The Hall–Kier alpha value is -1.66. The monoisotopic (exact) mass is 305 g/mol. The minimum atomic E-state index is 0.0299. The number of nitrogens with zero attached hydrogens (tertiary/aromatic N) is 1. The SMILES string of the molecule is Cc1[nH]ncc1CCCNC(=O)c1cc2sccc2s1. The molecular formula is C14H15N3OS2. The molecule has 0 saturated carbocycles. The van der Waals surface area contributed by atoms with Gasteiger partial charge in [0.25, 0.3) is 5.91 Å². The Kier molecular flexibility index (Phi) is 3.84. The molecule has 0 spiro atoms. The number of hydrogen-bond acceptors (Lipinski definition) is 4. The fraction of sp³-hybridized carbons (Fsp3) is 0.286. The third-order valence-electron chi connectivity index (χ3n) is 3.21. The normalized spacial score (nSPS) is 11.1. The van der Waals surface area contributed by atoms with E-state index >= 15 is 0 Å². The van der Waals surface area contributed by atoms with Gasteiger partial charge in [0.2, 0.25) is 0 Å². The van der Waals surface area contributed by atoms with E-state index in [0.29, 0.717) is 6.54 Å². The second-order valence-electron chi connectivity index (χ2n) is 4.64. The maximum absolute atomic E-state index is 12.0. The average molecular weight is 305 g/mol. The van der Waals surface area contributed by atoms with E-state index in [2.05, 4.69) is 27.0 Å². The molecule has 0 fully saturated rings. The first-order valence-corrected chi connectivity index (χ1v) is 8.18. The maximum Gasteiger partial charge on any atom is 0.261 e. The number of fused-ring (bicyclic) bond motifs is 1. The lowest BCUT2D eigenvalue weighted by atomic mass is 10.1. The molecule has 0 atom stereocenters. The highest BCUT2D eigenvalue weighted by molar-refractivity contribution is 7.27. The Balaban J connectivity index is 1.50. The standard InChI is InChI=1S/C14H15N3OS2/c1-9-10(8-16-17-9)3-2-5-15-14(18)13-7-12-11(20-13)4-6-19-12/h4,6-8H,2-3,5H2,1H3,(H,15,18)(H,16,17). The van der Waals surface area contributed by atoms with Crippen LogP contribution in [0.15, 0.2) is 23.7 Å². The molecule has 4 nitrogen and oxygen atoms in total. The number of carbonyl (C=O) groups excluding carboxylic acids is 1. The van der Waals surface area contributed by atoms with Crippen molar-refractivity contribution in [3.8, 4) is 0 Å². The highest BCUT2D eigenvalue weighted by atomic mass is 32.1. The van der Waals surface area contributed by atoms with E-state index in [-0.39, 0.29) is 5.91 Å². The summed E-state index contributed by atoms with van der Waals surface area (Å²) in [5.74, 6) is 0.0299. The zero-order valence-corrected chi connectivity index (χ0v) is 12.7. The lowest BCUT2D eigenvalue weighted by Crippen LogP contribution is -2.23. The van der Waals surface area contributed by atoms with Crippen LogP contribution in [-0.2, 0) is 6.42 Å². The van der Waals surface area contributed by atoms with Crippen molar-refractivity contribution in [3.63, 3.8) is 0 Å². The van der Waals surface area contributed by atoms with Crippen molar-refractivity contribution in [2.45, 2.75) is 19.8 Å². The molecule has 0 aliphatic rings. The zero-order chi connectivity index (χ0) is 13.9. The predicted molar refractivity (Wildman–Crippen MR) is 83.7 cm³/mol. The van der Waals surface area contributed by atoms with Crippen LogP contribution in [0.3, 0.4) is 0 Å². The molecule has 0 unspecified atom stereocenters. The molecule has 0 saturated heterocycles. The molecule has 0 aliphatic carbocycles. The number of hydrogen-bond donors (Lipinski definition) is 2. The number of rotatable bonds is 5. The topological polar surface area (TPSA) is 57.8 Å². The lowest BCUT2D eigenvalue weighted by molar-refractivity contribution is 0.0957. The van der Waals surface area contributed by atoms with Gasteiger partial charge in [-0.2, -0.15) is 5.10 Å². The summed E-state index contributed by atoms with van der Waals surface area (Å²) in [7, 11) is 0. The number of thiophene rings is 2. The van der Waals surface area contributed by atoms with E-state index in [9.17, 15) is 4.79 Å². The molecular weight excluding hydrogens is 290 g/mol. The van der Waals surface area contributed by atoms with Gasteiger partial charge in [-0.05, 0) is 42.8 Å². The highest BCUT2D eigenvalue weighted by Gasteiger charge is 2.10. The van der Waals surface area contributed by atoms with Gasteiger partial charge in [-0.3, -0.25) is 9.89 Å². The van der Waals surface area contributed by atoms with Crippen molar-refractivity contribution in [1.29, 1.82) is 0 Å². The molecule has 0 aliphatic heterocycles. The Bertz CT molecular complexity index is 697. The van der Waals surface area contributed by atoms with Crippen molar-refractivity contribution < 1.29 is 4.79 Å². The largest absolute Gasteiger partial charge is 0.351 e. The van der Waals surface area contributed by atoms with Crippen molar-refractivity contribution in [3.05, 3.63) is 39.8 Å². The number of carbonyl (C=O) groups is 1. The van der Waals surface area contributed by atoms with Crippen molar-refractivity contribution >= 4 is 38.0 Å². The number of aromatic nitrogens is 2. The molecule has 0 aromatic carbocycles. The van der Waals surface area contributed by atoms with Crippen molar-refractivity contribution in [2.24, 2.45) is 0 Å². The first-order chi connectivity index (χ1) is 9.74. The van der Waals surface area contributed by atoms with Crippen LogP contribution in [0.4, 0.5) is 0 Å². The van der Waals surface area contributed by atoms with Gasteiger partial charge in [-0.1, -0.05) is 0 Å². The van der Waals surface area contributed by atoms with Crippen LogP contribution >= 0.6 is 22.7 Å². The molecule has 3 rings (SSSR count). The number of aromatic amines is 1. The Morgan fingerprint density at radius 3 is 3.10 bits per heavy atom. The van der Waals surface area contributed by atoms with Gasteiger partial charge < -0.3 is 5.32 Å². The third kappa shape index (κ3) is 2.76. The summed E-state index contributed by atoms with van der Waals surface area (Å²) >= 11 is 3.23. The summed E-state index contributed by atoms with van der Waals surface area (Å²) < 4.78 is 2.38. The second-order valence-corrected chi connectivity index (χ2v) is 6.67. The minimum Gasteiger partial charge on any atom is -0.351 e. The minimum absolute atomic E-state index is 0.0299. The summed E-state index contributed by atoms with van der Waals surface area (Å²) in [4.78, 5) is 12.8. The first-order valence-electron chi connectivity index (χ1n) is 6.48. The van der Waals surface area contributed by atoms with E-state index < -0.39 is 0 Å². The van der Waals surface area contributed by atoms with Gasteiger partial charge in [-0.25, -0.2) is 0 Å².